The van der Waals surface area contributed by atoms with Gasteiger partial charge in [-0.3, -0.25) is 0 Å². The molecule has 1 aliphatic heterocycles. The van der Waals surface area contributed by atoms with Crippen LogP contribution >= 0.6 is 12.2 Å². The van der Waals surface area contributed by atoms with Crippen molar-refractivity contribution in [3.8, 4) is 0 Å². The Kier molecular flexibility index (Phi) is 4.23. The molecular weight excluding hydrogens is 240 g/mol. The van der Waals surface area contributed by atoms with Crippen LogP contribution in [0.3, 0.4) is 0 Å². The van der Waals surface area contributed by atoms with Crippen LogP contribution in [0, 0.1) is 18.8 Å². The van der Waals surface area contributed by atoms with Gasteiger partial charge in [-0.1, -0.05) is 32.0 Å². The van der Waals surface area contributed by atoms with Crippen LogP contribution in [0.1, 0.15) is 25.8 Å². The van der Waals surface area contributed by atoms with Gasteiger partial charge in [-0.25, -0.2) is 0 Å². The van der Waals surface area contributed by atoms with Gasteiger partial charge in [0.1, 0.15) is 0 Å². The summed E-state index contributed by atoms with van der Waals surface area (Å²) in [5.41, 5.74) is 2.35. The van der Waals surface area contributed by atoms with E-state index in [-0.39, 0.29) is 0 Å². The summed E-state index contributed by atoms with van der Waals surface area (Å²) in [6, 6.07) is 8.28. The van der Waals surface area contributed by atoms with Crippen LogP contribution < -0.4 is 5.32 Å². The second-order valence-corrected chi connectivity index (χ2v) is 5.98. The summed E-state index contributed by atoms with van der Waals surface area (Å²) in [5, 5.41) is 4.24. The summed E-state index contributed by atoms with van der Waals surface area (Å²) in [7, 11) is 0. The molecule has 0 amide bonds. The first kappa shape index (κ1) is 13.3. The summed E-state index contributed by atoms with van der Waals surface area (Å²) in [6.07, 6.45) is 1.31. The number of para-hydroxylation sites is 1. The monoisotopic (exact) mass is 262 g/mol. The van der Waals surface area contributed by atoms with E-state index >= 15 is 0 Å². The normalized spacial score (nSPS) is 23.8. The molecule has 2 rings (SSSR count). The summed E-state index contributed by atoms with van der Waals surface area (Å²) in [6.45, 7) is 8.86. The highest BCUT2D eigenvalue weighted by molar-refractivity contribution is 7.80. The zero-order valence-electron chi connectivity index (χ0n) is 11.4. The fraction of sp³-hybridized carbons (Fsp3) is 0.533. The molecule has 1 N–H and O–H groups in total. The molecule has 1 heterocycles. The molecule has 2 atom stereocenters. The molecule has 1 fully saturated rings. The Morgan fingerprint density at radius 2 is 1.83 bits per heavy atom. The van der Waals surface area contributed by atoms with Crippen LogP contribution in [0.25, 0.3) is 0 Å². The van der Waals surface area contributed by atoms with Crippen LogP contribution in [0.5, 0.6) is 0 Å². The van der Waals surface area contributed by atoms with Crippen molar-refractivity contribution >= 4 is 23.0 Å². The Morgan fingerprint density at radius 1 is 1.22 bits per heavy atom. The van der Waals surface area contributed by atoms with Crippen molar-refractivity contribution in [2.24, 2.45) is 11.8 Å². The highest BCUT2D eigenvalue weighted by Gasteiger charge is 2.23. The van der Waals surface area contributed by atoms with Gasteiger partial charge in [-0.15, -0.1) is 0 Å². The molecule has 1 saturated heterocycles. The van der Waals surface area contributed by atoms with Gasteiger partial charge in [0.2, 0.25) is 0 Å². The van der Waals surface area contributed by atoms with Crippen molar-refractivity contribution in [2.75, 3.05) is 18.4 Å². The van der Waals surface area contributed by atoms with Crippen molar-refractivity contribution in [3.63, 3.8) is 0 Å². The largest absolute Gasteiger partial charge is 0.348 e. The highest BCUT2D eigenvalue weighted by Crippen LogP contribution is 2.22. The second-order valence-electron chi connectivity index (χ2n) is 5.60. The average Bonchev–Trinajstić information content (AvgIpc) is 2.31. The number of nitrogens with zero attached hydrogens (tertiary/aromatic N) is 1. The third-order valence-corrected chi connectivity index (χ3v) is 3.90. The van der Waals surface area contributed by atoms with Crippen LogP contribution in [0.2, 0.25) is 0 Å². The lowest BCUT2D eigenvalue weighted by Crippen LogP contribution is -2.44. The summed E-state index contributed by atoms with van der Waals surface area (Å²) < 4.78 is 0. The fourth-order valence-corrected chi connectivity index (χ4v) is 3.00. The molecule has 98 valence electrons. The number of nitrogens with one attached hydrogen (secondary N) is 1. The van der Waals surface area contributed by atoms with Crippen LogP contribution in [0.4, 0.5) is 5.69 Å². The van der Waals surface area contributed by atoms with Crippen molar-refractivity contribution in [3.05, 3.63) is 29.8 Å². The van der Waals surface area contributed by atoms with E-state index in [1.165, 1.54) is 12.0 Å². The van der Waals surface area contributed by atoms with E-state index in [0.717, 1.165) is 35.7 Å². The average molecular weight is 262 g/mol. The van der Waals surface area contributed by atoms with E-state index in [0.29, 0.717) is 0 Å². The first-order valence-corrected chi connectivity index (χ1v) is 7.08. The molecule has 2 nitrogen and oxygen atoms in total. The molecule has 0 radical (unpaired) electrons. The Balaban J connectivity index is 2.02. The van der Waals surface area contributed by atoms with Crippen molar-refractivity contribution in [2.45, 2.75) is 27.2 Å². The zero-order chi connectivity index (χ0) is 13.1. The molecule has 1 aromatic rings. The maximum Gasteiger partial charge on any atom is 0.173 e. The van der Waals surface area contributed by atoms with Crippen LogP contribution in [0.15, 0.2) is 24.3 Å². The highest BCUT2D eigenvalue weighted by atomic mass is 32.1. The molecule has 1 aliphatic rings. The molecule has 3 heteroatoms. The Morgan fingerprint density at radius 3 is 2.44 bits per heavy atom. The quantitative estimate of drug-likeness (QED) is 0.777. The lowest BCUT2D eigenvalue weighted by atomic mass is 9.92. The number of rotatable bonds is 1. The summed E-state index contributed by atoms with van der Waals surface area (Å²) in [4.78, 5) is 2.31. The molecule has 18 heavy (non-hydrogen) atoms. The molecular formula is C15H22N2S. The van der Waals surface area contributed by atoms with E-state index in [1.54, 1.807) is 0 Å². The number of anilines is 1. The standard InChI is InChI=1S/C15H22N2S/c1-11-8-12(2)10-17(9-11)15(18)16-14-7-5-4-6-13(14)3/h4-7,11-12H,8-10H2,1-3H3,(H,16,18)/t11-,12-/m1/s1. The Bertz CT molecular complexity index is 420. The fourth-order valence-electron chi connectivity index (χ4n) is 2.74. The SMILES string of the molecule is Cc1ccccc1NC(=S)N1C[C@H](C)C[C@@H](C)C1. The molecule has 0 aliphatic carbocycles. The summed E-state index contributed by atoms with van der Waals surface area (Å²) in [5.74, 6) is 1.45. The topological polar surface area (TPSA) is 15.3 Å². The molecule has 0 saturated carbocycles. The first-order chi connectivity index (χ1) is 8.56. The van der Waals surface area contributed by atoms with E-state index < -0.39 is 0 Å². The number of aryl methyl sites for hydroxylation is 1. The maximum atomic E-state index is 5.54. The number of likely N-dealkylation sites (tertiary alicyclic amines) is 1. The van der Waals surface area contributed by atoms with E-state index in [4.69, 9.17) is 12.2 Å². The lowest BCUT2D eigenvalue weighted by Gasteiger charge is -2.36. The van der Waals surface area contributed by atoms with Gasteiger partial charge in [0.25, 0.3) is 0 Å². The van der Waals surface area contributed by atoms with Gasteiger partial charge in [0.05, 0.1) is 0 Å². The predicted octanol–water partition coefficient (Wildman–Crippen LogP) is 3.67. The molecule has 1 aromatic carbocycles. The van der Waals surface area contributed by atoms with Crippen molar-refractivity contribution in [1.29, 1.82) is 0 Å². The van der Waals surface area contributed by atoms with Gasteiger partial charge in [0, 0.05) is 18.8 Å². The van der Waals surface area contributed by atoms with Gasteiger partial charge < -0.3 is 10.2 Å². The molecule has 0 bridgehead atoms. The predicted molar refractivity (Wildman–Crippen MR) is 81.9 cm³/mol. The number of hydrogen-bond acceptors (Lipinski definition) is 1. The Labute approximate surface area is 115 Å². The number of thiocarbonyl (C=S) groups is 1. The van der Waals surface area contributed by atoms with Crippen LogP contribution in [-0.4, -0.2) is 23.1 Å². The van der Waals surface area contributed by atoms with Gasteiger partial charge in [-0.05, 0) is 49.0 Å². The van der Waals surface area contributed by atoms with Gasteiger partial charge in [-0.2, -0.15) is 0 Å². The first-order valence-electron chi connectivity index (χ1n) is 6.68. The maximum absolute atomic E-state index is 5.54. The number of benzene rings is 1. The second kappa shape index (κ2) is 5.70. The minimum atomic E-state index is 0.727. The van der Waals surface area contributed by atoms with E-state index in [1.807, 2.05) is 6.07 Å². The third kappa shape index (κ3) is 3.22. The third-order valence-electron chi connectivity index (χ3n) is 3.54. The number of piperidine rings is 1. The molecule has 0 spiro atoms. The van der Waals surface area contributed by atoms with E-state index in [2.05, 4.69) is 49.2 Å². The van der Waals surface area contributed by atoms with E-state index in [9.17, 15) is 0 Å². The summed E-state index contributed by atoms with van der Waals surface area (Å²) >= 11 is 5.54. The lowest BCUT2D eigenvalue weighted by molar-refractivity contribution is 0.216. The smallest absolute Gasteiger partial charge is 0.173 e. The zero-order valence-corrected chi connectivity index (χ0v) is 12.3. The molecule has 0 unspecified atom stereocenters. The van der Waals surface area contributed by atoms with Gasteiger partial charge in [0.15, 0.2) is 5.11 Å². The minimum Gasteiger partial charge on any atom is -0.348 e. The van der Waals surface area contributed by atoms with Crippen LogP contribution in [-0.2, 0) is 0 Å². The van der Waals surface area contributed by atoms with Crippen molar-refractivity contribution in [1.82, 2.24) is 4.90 Å². The minimum absolute atomic E-state index is 0.727. The molecule has 0 aromatic heterocycles. The van der Waals surface area contributed by atoms with Crippen molar-refractivity contribution < 1.29 is 0 Å². The van der Waals surface area contributed by atoms with Gasteiger partial charge >= 0.3 is 0 Å². The Hall–Kier alpha value is -1.09. The number of hydrogen-bond donors (Lipinski definition) is 1.